The van der Waals surface area contributed by atoms with E-state index in [1.807, 2.05) is 23.1 Å². The zero-order valence-corrected chi connectivity index (χ0v) is 20.2. The first-order valence-electron chi connectivity index (χ1n) is 10.0. The predicted octanol–water partition coefficient (Wildman–Crippen LogP) is 3.51. The van der Waals surface area contributed by atoms with Gasteiger partial charge in [-0.15, -0.1) is 35.3 Å². The van der Waals surface area contributed by atoms with Crippen LogP contribution >= 0.6 is 35.3 Å². The number of carbonyl (C=O) groups is 1. The van der Waals surface area contributed by atoms with Gasteiger partial charge in [0.05, 0.1) is 0 Å². The number of nitrogens with one attached hydrogen (secondary N) is 2. The van der Waals surface area contributed by atoms with Gasteiger partial charge in [-0.2, -0.15) is 0 Å². The lowest BCUT2D eigenvalue weighted by Crippen LogP contribution is -2.42. The molecule has 0 saturated carbocycles. The first-order valence-corrected chi connectivity index (χ1v) is 10.8. The van der Waals surface area contributed by atoms with E-state index >= 15 is 0 Å². The molecule has 1 amide bonds. The van der Waals surface area contributed by atoms with Gasteiger partial charge in [-0.3, -0.25) is 9.79 Å². The Morgan fingerprint density at radius 3 is 2.79 bits per heavy atom. The molecule has 1 aromatic carbocycles. The van der Waals surface area contributed by atoms with Crippen LogP contribution in [-0.2, 0) is 4.79 Å². The topological polar surface area (TPSA) is 77.0 Å². The van der Waals surface area contributed by atoms with E-state index in [0.29, 0.717) is 18.9 Å². The van der Waals surface area contributed by atoms with Gasteiger partial charge in [-0.1, -0.05) is 25.1 Å². The summed E-state index contributed by atoms with van der Waals surface area (Å²) in [6, 6.07) is 10.5. The highest BCUT2D eigenvalue weighted by molar-refractivity contribution is 14.0. The number of halogens is 1. The molecule has 2 atom stereocenters. The summed E-state index contributed by atoms with van der Waals surface area (Å²) in [6.45, 7) is 4.14. The summed E-state index contributed by atoms with van der Waals surface area (Å²) in [4.78, 5) is 19.1. The fraction of sp³-hybridized carbons (Fsp3) is 0.524. The second kappa shape index (κ2) is 11.7. The SMILES string of the molecule is CCC(CCNC(=NC)NCC(O)c1cc2ccccc2s1)N1CCCC1=O.I. The lowest BCUT2D eigenvalue weighted by molar-refractivity contribution is -0.129. The third-order valence-electron chi connectivity index (χ3n) is 5.25. The van der Waals surface area contributed by atoms with Crippen molar-refractivity contribution in [2.45, 2.75) is 44.8 Å². The van der Waals surface area contributed by atoms with E-state index in [4.69, 9.17) is 0 Å². The van der Waals surface area contributed by atoms with Crippen LogP contribution in [0.3, 0.4) is 0 Å². The molecule has 1 aliphatic heterocycles. The molecular formula is C21H31IN4O2S. The van der Waals surface area contributed by atoms with Crippen molar-refractivity contribution in [3.05, 3.63) is 35.2 Å². The van der Waals surface area contributed by atoms with Gasteiger partial charge in [-0.25, -0.2) is 0 Å². The molecule has 1 saturated heterocycles. The van der Waals surface area contributed by atoms with E-state index in [9.17, 15) is 9.90 Å². The Morgan fingerprint density at radius 2 is 2.14 bits per heavy atom. The van der Waals surface area contributed by atoms with Crippen LogP contribution in [0.4, 0.5) is 0 Å². The molecule has 0 spiro atoms. The molecule has 0 bridgehead atoms. The smallest absolute Gasteiger partial charge is 0.222 e. The number of hydrogen-bond donors (Lipinski definition) is 3. The number of aliphatic hydroxyl groups excluding tert-OH is 1. The second-order valence-corrected chi connectivity index (χ2v) is 8.24. The monoisotopic (exact) mass is 530 g/mol. The van der Waals surface area contributed by atoms with Crippen molar-refractivity contribution >= 4 is 57.3 Å². The van der Waals surface area contributed by atoms with E-state index in [2.05, 4.69) is 34.7 Å². The number of guanidine groups is 1. The van der Waals surface area contributed by atoms with Crippen molar-refractivity contribution in [1.82, 2.24) is 15.5 Å². The number of fused-ring (bicyclic) bond motifs is 1. The van der Waals surface area contributed by atoms with Crippen LogP contribution in [0.1, 0.15) is 43.6 Å². The average Bonchev–Trinajstić information content (AvgIpc) is 3.33. The number of benzene rings is 1. The first kappa shape index (κ1) is 23.9. The van der Waals surface area contributed by atoms with Crippen LogP contribution in [0.25, 0.3) is 10.1 Å². The van der Waals surface area contributed by atoms with Crippen LogP contribution < -0.4 is 10.6 Å². The number of rotatable bonds is 8. The number of likely N-dealkylation sites (tertiary alicyclic amines) is 1. The Kier molecular flexibility index (Phi) is 9.64. The van der Waals surface area contributed by atoms with Crippen LogP contribution in [0, 0.1) is 0 Å². The van der Waals surface area contributed by atoms with Crippen LogP contribution in [0.15, 0.2) is 35.3 Å². The van der Waals surface area contributed by atoms with E-state index in [-0.39, 0.29) is 35.9 Å². The van der Waals surface area contributed by atoms with Crippen molar-refractivity contribution in [2.75, 3.05) is 26.7 Å². The number of aliphatic imine (C=N–C) groups is 1. The Labute approximate surface area is 193 Å². The van der Waals surface area contributed by atoms with Crippen molar-refractivity contribution in [2.24, 2.45) is 4.99 Å². The normalized spacial score (nSPS) is 16.6. The average molecular weight is 530 g/mol. The first-order chi connectivity index (χ1) is 13.6. The van der Waals surface area contributed by atoms with Gasteiger partial charge in [0.1, 0.15) is 6.10 Å². The summed E-state index contributed by atoms with van der Waals surface area (Å²) in [5.41, 5.74) is 0. The molecule has 2 unspecified atom stereocenters. The lowest BCUT2D eigenvalue weighted by atomic mass is 10.1. The Balaban J connectivity index is 0.00000300. The van der Waals surface area contributed by atoms with Gasteiger partial charge < -0.3 is 20.6 Å². The number of hydrogen-bond acceptors (Lipinski definition) is 4. The Hall–Kier alpha value is -1.39. The maximum atomic E-state index is 11.9. The number of thiophene rings is 1. The predicted molar refractivity (Wildman–Crippen MR) is 131 cm³/mol. The largest absolute Gasteiger partial charge is 0.386 e. The summed E-state index contributed by atoms with van der Waals surface area (Å²) in [6.07, 6.45) is 2.93. The third-order valence-corrected chi connectivity index (χ3v) is 6.47. The standard InChI is InChI=1S/C21H30N4O2S.HI/c1-3-16(25-12-6-9-20(25)27)10-11-23-21(22-2)24-14-17(26)19-13-15-7-4-5-8-18(15)28-19;/h4-5,7-8,13,16-17,26H,3,6,9-12,14H2,1-2H3,(H2,22,23,24);1H. The molecule has 8 heteroatoms. The van der Waals surface area contributed by atoms with E-state index in [1.54, 1.807) is 18.4 Å². The maximum Gasteiger partial charge on any atom is 0.222 e. The van der Waals surface area contributed by atoms with Crippen LogP contribution in [0.2, 0.25) is 0 Å². The van der Waals surface area contributed by atoms with Gasteiger partial charge in [0.15, 0.2) is 5.96 Å². The molecule has 160 valence electrons. The fourth-order valence-corrected chi connectivity index (χ4v) is 4.72. The summed E-state index contributed by atoms with van der Waals surface area (Å²) in [7, 11) is 1.72. The van der Waals surface area contributed by atoms with Gasteiger partial charge in [0, 0.05) is 48.7 Å². The van der Waals surface area contributed by atoms with Gasteiger partial charge in [-0.05, 0) is 36.8 Å². The van der Waals surface area contributed by atoms with Gasteiger partial charge in [0.25, 0.3) is 0 Å². The van der Waals surface area contributed by atoms with Gasteiger partial charge in [0.2, 0.25) is 5.91 Å². The van der Waals surface area contributed by atoms with Crippen LogP contribution in [-0.4, -0.2) is 54.6 Å². The maximum absolute atomic E-state index is 11.9. The van der Waals surface area contributed by atoms with E-state index in [1.165, 1.54) is 4.70 Å². The van der Waals surface area contributed by atoms with Crippen molar-refractivity contribution in [3.8, 4) is 0 Å². The minimum atomic E-state index is -0.582. The number of nitrogens with zero attached hydrogens (tertiary/aromatic N) is 2. The highest BCUT2D eigenvalue weighted by Gasteiger charge is 2.26. The zero-order valence-electron chi connectivity index (χ0n) is 17.1. The molecule has 6 nitrogen and oxygen atoms in total. The lowest BCUT2D eigenvalue weighted by Gasteiger charge is -2.27. The highest BCUT2D eigenvalue weighted by Crippen LogP contribution is 2.29. The summed E-state index contributed by atoms with van der Waals surface area (Å²) >= 11 is 1.62. The van der Waals surface area contributed by atoms with E-state index < -0.39 is 6.10 Å². The van der Waals surface area contributed by atoms with Crippen molar-refractivity contribution in [1.29, 1.82) is 0 Å². The molecule has 1 aliphatic rings. The quantitative estimate of drug-likeness (QED) is 0.278. The Morgan fingerprint density at radius 1 is 1.34 bits per heavy atom. The minimum Gasteiger partial charge on any atom is -0.386 e. The molecule has 2 heterocycles. The third kappa shape index (κ3) is 6.29. The highest BCUT2D eigenvalue weighted by atomic mass is 127. The van der Waals surface area contributed by atoms with Crippen molar-refractivity contribution < 1.29 is 9.90 Å². The van der Waals surface area contributed by atoms with Crippen LogP contribution in [0.5, 0.6) is 0 Å². The van der Waals surface area contributed by atoms with E-state index in [0.717, 1.165) is 42.6 Å². The Bertz CT molecular complexity index is 793. The molecule has 1 fully saturated rings. The second-order valence-electron chi connectivity index (χ2n) is 7.12. The number of amides is 1. The zero-order chi connectivity index (χ0) is 19.9. The number of aliphatic hydroxyl groups is 1. The minimum absolute atomic E-state index is 0. The molecule has 0 radical (unpaired) electrons. The number of carbonyl (C=O) groups excluding carboxylic acids is 1. The molecule has 3 rings (SSSR count). The van der Waals surface area contributed by atoms with Crippen molar-refractivity contribution in [3.63, 3.8) is 0 Å². The molecular weight excluding hydrogens is 499 g/mol. The summed E-state index contributed by atoms with van der Waals surface area (Å²) in [5, 5.41) is 18.2. The molecule has 0 aliphatic carbocycles. The summed E-state index contributed by atoms with van der Waals surface area (Å²) in [5.74, 6) is 0.948. The molecule has 1 aromatic heterocycles. The molecule has 29 heavy (non-hydrogen) atoms. The van der Waals surface area contributed by atoms with Gasteiger partial charge >= 0.3 is 0 Å². The molecule has 2 aromatic rings. The molecule has 3 N–H and O–H groups in total. The fourth-order valence-electron chi connectivity index (χ4n) is 3.67. The summed E-state index contributed by atoms with van der Waals surface area (Å²) < 4.78 is 1.18.